The predicted molar refractivity (Wildman–Crippen MR) is 81.3 cm³/mol. The molecule has 0 heterocycles. The molecule has 2 unspecified atom stereocenters. The fraction of sp³-hybridized carbons (Fsp3) is 0.562. The molecule has 0 aliphatic heterocycles. The SMILES string of the molecule is CCC(C)(CCO)NC(=O)C(N)CCc1ccccc1. The molecule has 1 rings (SSSR count). The molecule has 20 heavy (non-hydrogen) atoms. The maximum Gasteiger partial charge on any atom is 0.237 e. The highest BCUT2D eigenvalue weighted by molar-refractivity contribution is 5.82. The third-order valence-corrected chi connectivity index (χ3v) is 3.79. The summed E-state index contributed by atoms with van der Waals surface area (Å²) in [5, 5.41) is 12.0. The van der Waals surface area contributed by atoms with Gasteiger partial charge in [-0.15, -0.1) is 0 Å². The maximum atomic E-state index is 12.1. The summed E-state index contributed by atoms with van der Waals surface area (Å²) in [5.74, 6) is -0.140. The Morgan fingerprint density at radius 1 is 1.40 bits per heavy atom. The standard InChI is InChI=1S/C16H26N2O2/c1-3-16(2,11-12-19)18-15(20)14(17)10-9-13-7-5-4-6-8-13/h4-8,14,19H,3,9-12,17H2,1-2H3,(H,18,20). The predicted octanol–water partition coefficient (Wildman–Crippen LogP) is 1.61. The Bertz CT molecular complexity index is 408. The Hall–Kier alpha value is -1.39. The third-order valence-electron chi connectivity index (χ3n) is 3.79. The highest BCUT2D eigenvalue weighted by Crippen LogP contribution is 2.14. The first kappa shape index (κ1) is 16.7. The molecule has 0 saturated heterocycles. The van der Waals surface area contributed by atoms with Crippen LogP contribution in [0.2, 0.25) is 0 Å². The Morgan fingerprint density at radius 3 is 2.60 bits per heavy atom. The van der Waals surface area contributed by atoms with Gasteiger partial charge in [-0.1, -0.05) is 37.3 Å². The third kappa shape index (κ3) is 5.31. The Morgan fingerprint density at radius 2 is 2.05 bits per heavy atom. The van der Waals surface area contributed by atoms with Crippen molar-refractivity contribution in [2.24, 2.45) is 5.73 Å². The molecule has 2 atom stereocenters. The van der Waals surface area contributed by atoms with Crippen molar-refractivity contribution in [3.63, 3.8) is 0 Å². The van der Waals surface area contributed by atoms with Crippen molar-refractivity contribution in [2.75, 3.05) is 6.61 Å². The van der Waals surface area contributed by atoms with Gasteiger partial charge in [-0.25, -0.2) is 0 Å². The van der Waals surface area contributed by atoms with E-state index in [0.29, 0.717) is 12.8 Å². The molecular weight excluding hydrogens is 252 g/mol. The number of hydrogen-bond donors (Lipinski definition) is 3. The number of carbonyl (C=O) groups excluding carboxylic acids is 1. The summed E-state index contributed by atoms with van der Waals surface area (Å²) in [5.41, 5.74) is 6.75. The summed E-state index contributed by atoms with van der Waals surface area (Å²) < 4.78 is 0. The first-order valence-corrected chi connectivity index (χ1v) is 7.23. The average molecular weight is 278 g/mol. The second kappa shape index (κ2) is 8.02. The minimum atomic E-state index is -0.514. The molecule has 0 fully saturated rings. The molecule has 0 aliphatic carbocycles. The van der Waals surface area contributed by atoms with Crippen LogP contribution in [0.15, 0.2) is 30.3 Å². The smallest absolute Gasteiger partial charge is 0.237 e. The van der Waals surface area contributed by atoms with E-state index < -0.39 is 6.04 Å². The van der Waals surface area contributed by atoms with Crippen LogP contribution < -0.4 is 11.1 Å². The molecule has 112 valence electrons. The molecule has 0 saturated carbocycles. The Labute approximate surface area is 121 Å². The number of aliphatic hydroxyl groups is 1. The van der Waals surface area contributed by atoms with Crippen molar-refractivity contribution in [2.45, 2.75) is 51.1 Å². The van der Waals surface area contributed by atoms with Crippen LogP contribution in [-0.2, 0) is 11.2 Å². The van der Waals surface area contributed by atoms with Gasteiger partial charge in [0.05, 0.1) is 6.04 Å². The van der Waals surface area contributed by atoms with Gasteiger partial charge < -0.3 is 16.2 Å². The number of aliphatic hydroxyl groups excluding tert-OH is 1. The number of aryl methyl sites for hydroxylation is 1. The second-order valence-electron chi connectivity index (χ2n) is 5.51. The van der Waals surface area contributed by atoms with E-state index in [4.69, 9.17) is 10.8 Å². The topological polar surface area (TPSA) is 75.3 Å². The maximum absolute atomic E-state index is 12.1. The zero-order valence-corrected chi connectivity index (χ0v) is 12.4. The monoisotopic (exact) mass is 278 g/mol. The molecule has 0 aromatic heterocycles. The largest absolute Gasteiger partial charge is 0.396 e. The van der Waals surface area contributed by atoms with Crippen LogP contribution in [0.25, 0.3) is 0 Å². The van der Waals surface area contributed by atoms with Gasteiger partial charge in [-0.05, 0) is 38.2 Å². The Balaban J connectivity index is 2.46. The molecule has 4 nitrogen and oxygen atoms in total. The van der Waals surface area contributed by atoms with Crippen LogP contribution in [0.3, 0.4) is 0 Å². The van der Waals surface area contributed by atoms with E-state index in [0.717, 1.165) is 12.8 Å². The van der Waals surface area contributed by atoms with Crippen LogP contribution in [0.5, 0.6) is 0 Å². The summed E-state index contributed by atoms with van der Waals surface area (Å²) in [6.07, 6.45) is 2.72. The summed E-state index contributed by atoms with van der Waals surface area (Å²) in [7, 11) is 0. The number of hydrogen-bond acceptors (Lipinski definition) is 3. The van der Waals surface area contributed by atoms with Gasteiger partial charge in [-0.3, -0.25) is 4.79 Å². The van der Waals surface area contributed by atoms with E-state index in [1.807, 2.05) is 44.2 Å². The number of benzene rings is 1. The van der Waals surface area contributed by atoms with Crippen LogP contribution in [0.4, 0.5) is 0 Å². The van der Waals surface area contributed by atoms with Gasteiger partial charge in [0.25, 0.3) is 0 Å². The van der Waals surface area contributed by atoms with E-state index in [2.05, 4.69) is 5.32 Å². The molecule has 1 aromatic carbocycles. The normalized spacial score (nSPS) is 15.4. The highest BCUT2D eigenvalue weighted by atomic mass is 16.3. The fourth-order valence-corrected chi connectivity index (χ4v) is 2.06. The van der Waals surface area contributed by atoms with E-state index in [-0.39, 0.29) is 18.1 Å². The van der Waals surface area contributed by atoms with Crippen molar-refractivity contribution in [3.8, 4) is 0 Å². The van der Waals surface area contributed by atoms with Gasteiger partial charge in [0.15, 0.2) is 0 Å². The van der Waals surface area contributed by atoms with Crippen molar-refractivity contribution < 1.29 is 9.90 Å². The van der Waals surface area contributed by atoms with E-state index in [1.54, 1.807) is 0 Å². The zero-order valence-electron chi connectivity index (χ0n) is 12.4. The number of carbonyl (C=O) groups is 1. The molecule has 0 spiro atoms. The quantitative estimate of drug-likeness (QED) is 0.676. The zero-order chi connectivity index (χ0) is 15.0. The van der Waals surface area contributed by atoms with Crippen molar-refractivity contribution in [3.05, 3.63) is 35.9 Å². The number of nitrogens with two attached hydrogens (primary N) is 1. The molecule has 0 bridgehead atoms. The van der Waals surface area contributed by atoms with Gasteiger partial charge in [0, 0.05) is 12.1 Å². The summed E-state index contributed by atoms with van der Waals surface area (Å²) in [4.78, 5) is 12.1. The van der Waals surface area contributed by atoms with Crippen molar-refractivity contribution in [1.29, 1.82) is 0 Å². The molecule has 0 radical (unpaired) electrons. The molecule has 4 heteroatoms. The van der Waals surface area contributed by atoms with Gasteiger partial charge in [0.1, 0.15) is 0 Å². The van der Waals surface area contributed by atoms with E-state index in [9.17, 15) is 4.79 Å². The second-order valence-corrected chi connectivity index (χ2v) is 5.51. The number of nitrogens with one attached hydrogen (secondary N) is 1. The molecular formula is C16H26N2O2. The first-order chi connectivity index (χ1) is 9.50. The lowest BCUT2D eigenvalue weighted by Gasteiger charge is -2.30. The van der Waals surface area contributed by atoms with Crippen LogP contribution in [0.1, 0.15) is 38.7 Å². The van der Waals surface area contributed by atoms with Gasteiger partial charge in [-0.2, -0.15) is 0 Å². The Kier molecular flexibility index (Phi) is 6.68. The molecule has 1 amide bonds. The van der Waals surface area contributed by atoms with Gasteiger partial charge >= 0.3 is 0 Å². The van der Waals surface area contributed by atoms with Gasteiger partial charge in [0.2, 0.25) is 5.91 Å². The average Bonchev–Trinajstić information content (AvgIpc) is 2.46. The lowest BCUT2D eigenvalue weighted by Crippen LogP contribution is -2.52. The van der Waals surface area contributed by atoms with Crippen molar-refractivity contribution >= 4 is 5.91 Å². The summed E-state index contributed by atoms with van der Waals surface area (Å²) in [6, 6.07) is 9.49. The van der Waals surface area contributed by atoms with Crippen molar-refractivity contribution in [1.82, 2.24) is 5.32 Å². The molecule has 1 aromatic rings. The first-order valence-electron chi connectivity index (χ1n) is 7.23. The lowest BCUT2D eigenvalue weighted by atomic mass is 9.94. The summed E-state index contributed by atoms with van der Waals surface area (Å²) in [6.45, 7) is 3.99. The van der Waals surface area contributed by atoms with Crippen LogP contribution in [-0.4, -0.2) is 29.2 Å². The fourth-order valence-electron chi connectivity index (χ4n) is 2.06. The number of rotatable bonds is 8. The van der Waals surface area contributed by atoms with Crippen LogP contribution >= 0.6 is 0 Å². The summed E-state index contributed by atoms with van der Waals surface area (Å²) >= 11 is 0. The van der Waals surface area contributed by atoms with E-state index in [1.165, 1.54) is 5.56 Å². The van der Waals surface area contributed by atoms with E-state index >= 15 is 0 Å². The number of amides is 1. The molecule has 0 aliphatic rings. The molecule has 4 N–H and O–H groups in total. The minimum absolute atomic E-state index is 0.0594. The highest BCUT2D eigenvalue weighted by Gasteiger charge is 2.26. The lowest BCUT2D eigenvalue weighted by molar-refractivity contribution is -0.124. The minimum Gasteiger partial charge on any atom is -0.396 e. The van der Waals surface area contributed by atoms with Crippen LogP contribution in [0, 0.1) is 0 Å².